The Morgan fingerprint density at radius 1 is 1.04 bits per heavy atom. The summed E-state index contributed by atoms with van der Waals surface area (Å²) in [6, 6.07) is 17.9. The first-order valence-corrected chi connectivity index (χ1v) is 9.02. The molecule has 0 spiro atoms. The zero-order valence-corrected chi connectivity index (χ0v) is 16.4. The van der Waals surface area contributed by atoms with Crippen molar-refractivity contribution in [2.24, 2.45) is 0 Å². The van der Waals surface area contributed by atoms with Crippen LogP contribution in [0, 0.1) is 0 Å². The SMILES string of the molecule is COC1(C(=O)NCc2ccc(OCc3ccccc3)cc2)CCNCC1.Cl. The number of nitrogens with one attached hydrogen (secondary N) is 2. The first kappa shape index (κ1) is 21.2. The average Bonchev–Trinajstić information content (AvgIpc) is 2.72. The summed E-state index contributed by atoms with van der Waals surface area (Å²) in [5.41, 5.74) is 1.46. The van der Waals surface area contributed by atoms with Gasteiger partial charge in [0.05, 0.1) is 0 Å². The lowest BCUT2D eigenvalue weighted by Gasteiger charge is -2.34. The molecule has 0 aromatic heterocycles. The van der Waals surface area contributed by atoms with Gasteiger partial charge in [0.15, 0.2) is 0 Å². The molecule has 1 fully saturated rings. The fraction of sp³-hybridized carbons (Fsp3) is 0.381. The maximum absolute atomic E-state index is 12.6. The standard InChI is InChI=1S/C21H26N2O3.ClH/c1-25-21(11-13-22-14-12-21)20(24)23-15-17-7-9-19(10-8-17)26-16-18-5-3-2-4-6-18;/h2-10,22H,11-16H2,1H3,(H,23,24);1H. The van der Waals surface area contributed by atoms with E-state index in [1.165, 1.54) is 0 Å². The van der Waals surface area contributed by atoms with E-state index in [2.05, 4.69) is 10.6 Å². The number of methoxy groups -OCH3 is 1. The van der Waals surface area contributed by atoms with E-state index in [1.54, 1.807) is 7.11 Å². The number of hydrogen-bond acceptors (Lipinski definition) is 4. The molecule has 27 heavy (non-hydrogen) atoms. The Hall–Kier alpha value is -2.08. The van der Waals surface area contributed by atoms with Crippen LogP contribution in [0.2, 0.25) is 0 Å². The first-order chi connectivity index (χ1) is 12.7. The summed E-state index contributed by atoms with van der Waals surface area (Å²) in [5.74, 6) is 0.779. The highest BCUT2D eigenvalue weighted by Gasteiger charge is 2.39. The molecular weight excluding hydrogens is 364 g/mol. The van der Waals surface area contributed by atoms with Gasteiger partial charge in [-0.1, -0.05) is 42.5 Å². The van der Waals surface area contributed by atoms with Crippen molar-refractivity contribution in [1.82, 2.24) is 10.6 Å². The second kappa shape index (κ2) is 10.3. The van der Waals surface area contributed by atoms with Gasteiger partial charge in [-0.25, -0.2) is 0 Å². The van der Waals surface area contributed by atoms with Gasteiger partial charge >= 0.3 is 0 Å². The molecule has 0 atom stereocenters. The van der Waals surface area contributed by atoms with Crippen LogP contribution >= 0.6 is 12.4 Å². The molecule has 0 unspecified atom stereocenters. The molecular formula is C21H27ClN2O3. The van der Waals surface area contributed by atoms with E-state index in [1.807, 2.05) is 54.6 Å². The lowest BCUT2D eigenvalue weighted by molar-refractivity contribution is -0.146. The summed E-state index contributed by atoms with van der Waals surface area (Å²) in [4.78, 5) is 12.6. The molecule has 6 heteroatoms. The van der Waals surface area contributed by atoms with Crippen molar-refractivity contribution in [3.8, 4) is 5.75 Å². The van der Waals surface area contributed by atoms with Crippen LogP contribution in [0.25, 0.3) is 0 Å². The molecule has 2 aromatic rings. The van der Waals surface area contributed by atoms with Gasteiger partial charge in [0.25, 0.3) is 5.91 Å². The quantitative estimate of drug-likeness (QED) is 0.762. The third-order valence-electron chi connectivity index (χ3n) is 4.84. The molecule has 0 saturated carbocycles. The Bertz CT molecular complexity index is 701. The van der Waals surface area contributed by atoms with Crippen molar-refractivity contribution in [1.29, 1.82) is 0 Å². The van der Waals surface area contributed by atoms with Crippen molar-refractivity contribution in [3.63, 3.8) is 0 Å². The largest absolute Gasteiger partial charge is 0.489 e. The van der Waals surface area contributed by atoms with Gasteiger partial charge in [0.2, 0.25) is 0 Å². The van der Waals surface area contributed by atoms with E-state index in [0.29, 0.717) is 26.0 Å². The van der Waals surface area contributed by atoms with Crippen LogP contribution in [0.5, 0.6) is 5.75 Å². The van der Waals surface area contributed by atoms with E-state index in [-0.39, 0.29) is 18.3 Å². The number of halogens is 1. The maximum atomic E-state index is 12.6. The van der Waals surface area contributed by atoms with Gasteiger partial charge in [0.1, 0.15) is 18.0 Å². The normalized spacial score (nSPS) is 15.4. The smallest absolute Gasteiger partial charge is 0.252 e. The van der Waals surface area contributed by atoms with Crippen LogP contribution in [0.3, 0.4) is 0 Å². The van der Waals surface area contributed by atoms with Crippen LogP contribution in [0.15, 0.2) is 54.6 Å². The Balaban J connectivity index is 0.00000261. The summed E-state index contributed by atoms with van der Waals surface area (Å²) < 4.78 is 11.3. The topological polar surface area (TPSA) is 59.6 Å². The van der Waals surface area contributed by atoms with E-state index in [9.17, 15) is 4.79 Å². The Labute approximate surface area is 166 Å². The zero-order chi connectivity index (χ0) is 18.2. The number of hydrogen-bond donors (Lipinski definition) is 2. The van der Waals surface area contributed by atoms with Gasteiger partial charge in [-0.3, -0.25) is 4.79 Å². The maximum Gasteiger partial charge on any atom is 0.252 e. The molecule has 1 aliphatic heterocycles. The van der Waals surface area contributed by atoms with Crippen LogP contribution < -0.4 is 15.4 Å². The first-order valence-electron chi connectivity index (χ1n) is 9.02. The predicted octanol–water partition coefficient (Wildman–Crippen LogP) is 3.07. The summed E-state index contributed by atoms with van der Waals surface area (Å²) in [6.07, 6.45) is 1.39. The van der Waals surface area contributed by atoms with Crippen molar-refractivity contribution in [2.75, 3.05) is 20.2 Å². The minimum atomic E-state index is -0.704. The number of amides is 1. The minimum absolute atomic E-state index is 0. The second-order valence-corrected chi connectivity index (χ2v) is 6.55. The lowest BCUT2D eigenvalue weighted by Crippen LogP contribution is -2.53. The van der Waals surface area contributed by atoms with Gasteiger partial charge in [0, 0.05) is 13.7 Å². The van der Waals surface area contributed by atoms with E-state index < -0.39 is 5.60 Å². The Kier molecular flexibility index (Phi) is 8.10. The van der Waals surface area contributed by atoms with Crippen molar-refractivity contribution in [3.05, 3.63) is 65.7 Å². The highest BCUT2D eigenvalue weighted by Crippen LogP contribution is 2.23. The number of piperidine rings is 1. The van der Waals surface area contributed by atoms with E-state index in [4.69, 9.17) is 9.47 Å². The molecule has 1 saturated heterocycles. The molecule has 5 nitrogen and oxygen atoms in total. The highest BCUT2D eigenvalue weighted by atomic mass is 35.5. The zero-order valence-electron chi connectivity index (χ0n) is 15.6. The lowest BCUT2D eigenvalue weighted by atomic mass is 9.91. The van der Waals surface area contributed by atoms with Gasteiger partial charge in [-0.2, -0.15) is 0 Å². The second-order valence-electron chi connectivity index (χ2n) is 6.55. The third-order valence-corrected chi connectivity index (χ3v) is 4.84. The minimum Gasteiger partial charge on any atom is -0.489 e. The van der Waals surface area contributed by atoms with Gasteiger partial charge in [-0.15, -0.1) is 12.4 Å². The number of rotatable bonds is 7. The molecule has 1 aliphatic rings. The van der Waals surface area contributed by atoms with Crippen LogP contribution in [-0.4, -0.2) is 31.7 Å². The fourth-order valence-electron chi connectivity index (χ4n) is 3.14. The summed E-state index contributed by atoms with van der Waals surface area (Å²) in [6.45, 7) is 2.63. The Morgan fingerprint density at radius 3 is 2.33 bits per heavy atom. The molecule has 3 rings (SSSR count). The summed E-state index contributed by atoms with van der Waals surface area (Å²) in [5, 5.41) is 6.26. The predicted molar refractivity (Wildman–Crippen MR) is 108 cm³/mol. The monoisotopic (exact) mass is 390 g/mol. The van der Waals surface area contributed by atoms with Crippen LogP contribution in [0.4, 0.5) is 0 Å². The van der Waals surface area contributed by atoms with E-state index >= 15 is 0 Å². The summed E-state index contributed by atoms with van der Waals surface area (Å²) in [7, 11) is 1.61. The van der Waals surface area contributed by atoms with Crippen molar-refractivity contribution in [2.45, 2.75) is 31.6 Å². The van der Waals surface area contributed by atoms with Crippen LogP contribution in [-0.2, 0) is 22.7 Å². The third kappa shape index (κ3) is 5.70. The molecule has 2 N–H and O–H groups in total. The molecule has 0 bridgehead atoms. The van der Waals surface area contributed by atoms with Crippen LogP contribution in [0.1, 0.15) is 24.0 Å². The van der Waals surface area contributed by atoms with Gasteiger partial charge < -0.3 is 20.1 Å². The van der Waals surface area contributed by atoms with Crippen molar-refractivity contribution < 1.29 is 14.3 Å². The average molecular weight is 391 g/mol. The highest BCUT2D eigenvalue weighted by molar-refractivity contribution is 5.85. The van der Waals surface area contributed by atoms with Crippen molar-refractivity contribution >= 4 is 18.3 Å². The molecule has 1 amide bonds. The number of carbonyl (C=O) groups is 1. The number of benzene rings is 2. The number of carbonyl (C=O) groups excluding carboxylic acids is 1. The summed E-state index contributed by atoms with van der Waals surface area (Å²) >= 11 is 0. The van der Waals surface area contributed by atoms with Gasteiger partial charge in [-0.05, 0) is 49.2 Å². The molecule has 146 valence electrons. The van der Waals surface area contributed by atoms with E-state index in [0.717, 1.165) is 30.0 Å². The molecule has 0 aliphatic carbocycles. The molecule has 2 aromatic carbocycles. The molecule has 0 radical (unpaired) electrons. The number of ether oxygens (including phenoxy) is 2. The fourth-order valence-corrected chi connectivity index (χ4v) is 3.14. The Morgan fingerprint density at radius 2 is 1.70 bits per heavy atom. The molecule has 1 heterocycles.